The van der Waals surface area contributed by atoms with Crippen LogP contribution in [0.15, 0.2) is 152 Å². The van der Waals surface area contributed by atoms with Crippen molar-refractivity contribution in [1.29, 1.82) is 0 Å². The standard InChI is InChI=1S/C41H26N2O.Pt/c44-41-22-8-6-14-31(41)28-12-11-13-30(26-28)43-39-21-7-5-19-36(39)34-17-3-1-15-32(34)33-16-2-4-18-35(33)37-24-23-29(27-40(37)43)38-20-9-10-25-42-38;/h1-25,44H;/q-2;+2. The van der Waals surface area contributed by atoms with Gasteiger partial charge in [0.2, 0.25) is 0 Å². The zero-order valence-corrected chi connectivity index (χ0v) is 26.4. The van der Waals surface area contributed by atoms with E-state index in [1.807, 2.05) is 54.7 Å². The quantitative estimate of drug-likeness (QED) is 0.182. The second-order valence-corrected chi connectivity index (χ2v) is 10.8. The van der Waals surface area contributed by atoms with Crippen molar-refractivity contribution in [2.75, 3.05) is 0 Å². The molecule has 0 aliphatic rings. The molecule has 4 heteroatoms. The minimum absolute atomic E-state index is 0. The number of phenols is 1. The number of aromatic hydroxyl groups is 1. The summed E-state index contributed by atoms with van der Waals surface area (Å²) in [7, 11) is 0. The molecule has 0 atom stereocenters. The Balaban J connectivity index is 0.00000325. The molecule has 0 aliphatic carbocycles. The molecule has 8 rings (SSSR count). The number of nitrogens with zero attached hydrogens (tertiary/aromatic N) is 2. The molecular weight excluding hydrogens is 732 g/mol. The smallest absolute Gasteiger partial charge is 0.517 e. The summed E-state index contributed by atoms with van der Waals surface area (Å²) < 4.78 is 2.25. The van der Waals surface area contributed by atoms with Crippen LogP contribution in [0.5, 0.6) is 5.75 Å². The molecule has 2 heterocycles. The maximum atomic E-state index is 10.7. The van der Waals surface area contributed by atoms with Gasteiger partial charge in [0.15, 0.2) is 0 Å². The van der Waals surface area contributed by atoms with Crippen LogP contribution in [0.25, 0.3) is 71.4 Å². The van der Waals surface area contributed by atoms with E-state index in [0.29, 0.717) is 0 Å². The number of fused-ring (bicyclic) bond motifs is 7. The predicted molar refractivity (Wildman–Crippen MR) is 181 cm³/mol. The van der Waals surface area contributed by atoms with Gasteiger partial charge >= 0.3 is 21.1 Å². The third-order valence-electron chi connectivity index (χ3n) is 8.17. The predicted octanol–water partition coefficient (Wildman–Crippen LogP) is 10.2. The fraction of sp³-hybridized carbons (Fsp3) is 0. The van der Waals surface area contributed by atoms with Crippen LogP contribution in [0.4, 0.5) is 0 Å². The molecular formula is C41H26N2OPt. The monoisotopic (exact) mass is 757 g/mol. The van der Waals surface area contributed by atoms with Crippen molar-refractivity contribution in [3.63, 3.8) is 0 Å². The molecule has 0 amide bonds. The Morgan fingerprint density at radius 1 is 0.489 bits per heavy atom. The van der Waals surface area contributed by atoms with E-state index in [0.717, 1.165) is 66.0 Å². The van der Waals surface area contributed by atoms with Gasteiger partial charge in [-0.05, 0) is 51.3 Å². The van der Waals surface area contributed by atoms with Crippen molar-refractivity contribution in [2.24, 2.45) is 0 Å². The second kappa shape index (κ2) is 12.0. The van der Waals surface area contributed by atoms with Crippen LogP contribution in [-0.2, 0) is 21.1 Å². The molecule has 0 unspecified atom stereocenters. The molecule has 1 N–H and O–H groups in total. The number of phenolic OH excluding ortho intramolecular Hbond substituents is 1. The molecule has 0 aliphatic heterocycles. The molecule has 0 saturated heterocycles. The molecule has 2 aromatic heterocycles. The van der Waals surface area contributed by atoms with Crippen LogP contribution in [0.1, 0.15) is 0 Å². The van der Waals surface area contributed by atoms with Gasteiger partial charge in [0, 0.05) is 11.6 Å². The summed E-state index contributed by atoms with van der Waals surface area (Å²) in [5, 5.41) is 17.5. The Hall–Kier alpha value is -5.24. The van der Waals surface area contributed by atoms with Crippen molar-refractivity contribution in [2.45, 2.75) is 0 Å². The molecule has 0 radical (unpaired) electrons. The van der Waals surface area contributed by atoms with Gasteiger partial charge < -0.3 is 14.7 Å². The largest absolute Gasteiger partial charge is 2.00 e. The van der Waals surface area contributed by atoms with E-state index in [9.17, 15) is 5.11 Å². The first-order chi connectivity index (χ1) is 21.8. The molecule has 0 fully saturated rings. The van der Waals surface area contributed by atoms with Crippen LogP contribution < -0.4 is 0 Å². The van der Waals surface area contributed by atoms with Crippen LogP contribution in [0.3, 0.4) is 0 Å². The number of benzene rings is 6. The van der Waals surface area contributed by atoms with Crippen LogP contribution >= 0.6 is 0 Å². The summed E-state index contributed by atoms with van der Waals surface area (Å²) in [6, 6.07) is 56.9. The van der Waals surface area contributed by atoms with Crippen LogP contribution in [0, 0.1) is 12.1 Å². The van der Waals surface area contributed by atoms with E-state index < -0.39 is 0 Å². The van der Waals surface area contributed by atoms with Gasteiger partial charge in [-0.25, -0.2) is 0 Å². The summed E-state index contributed by atoms with van der Waals surface area (Å²) in [6.45, 7) is 0. The average Bonchev–Trinajstić information content (AvgIpc) is 3.13. The summed E-state index contributed by atoms with van der Waals surface area (Å²) >= 11 is 0. The third-order valence-corrected chi connectivity index (χ3v) is 8.17. The molecule has 8 aromatic rings. The van der Waals surface area contributed by atoms with Crippen LogP contribution in [0.2, 0.25) is 0 Å². The maximum Gasteiger partial charge on any atom is 2.00 e. The van der Waals surface area contributed by atoms with Crippen molar-refractivity contribution in [3.8, 4) is 33.8 Å². The van der Waals surface area contributed by atoms with E-state index in [1.165, 1.54) is 5.39 Å². The van der Waals surface area contributed by atoms with Gasteiger partial charge in [-0.1, -0.05) is 113 Å². The third kappa shape index (κ3) is 5.06. The van der Waals surface area contributed by atoms with Gasteiger partial charge in [0.25, 0.3) is 0 Å². The molecule has 0 saturated carbocycles. The van der Waals surface area contributed by atoms with E-state index in [2.05, 4.69) is 113 Å². The van der Waals surface area contributed by atoms with E-state index >= 15 is 0 Å². The van der Waals surface area contributed by atoms with Crippen molar-refractivity contribution in [3.05, 3.63) is 164 Å². The minimum atomic E-state index is 0. The van der Waals surface area contributed by atoms with E-state index in [4.69, 9.17) is 0 Å². The fourth-order valence-electron chi connectivity index (χ4n) is 6.17. The fourth-order valence-corrected chi connectivity index (χ4v) is 6.17. The van der Waals surface area contributed by atoms with Gasteiger partial charge in [-0.15, -0.1) is 53.6 Å². The first-order valence-corrected chi connectivity index (χ1v) is 14.6. The van der Waals surface area contributed by atoms with Crippen molar-refractivity contribution >= 4 is 43.4 Å². The van der Waals surface area contributed by atoms with Crippen molar-refractivity contribution in [1.82, 2.24) is 9.55 Å². The Labute approximate surface area is 275 Å². The number of pyridine rings is 1. The zero-order chi connectivity index (χ0) is 29.5. The van der Waals surface area contributed by atoms with Gasteiger partial charge in [0.05, 0.1) is 11.3 Å². The van der Waals surface area contributed by atoms with E-state index in [-0.39, 0.29) is 26.8 Å². The number of para-hydroxylation sites is 2. The Morgan fingerprint density at radius 3 is 1.82 bits per heavy atom. The first kappa shape index (κ1) is 28.5. The first-order valence-electron chi connectivity index (χ1n) is 14.6. The molecule has 0 spiro atoms. The molecule has 216 valence electrons. The summed E-state index contributed by atoms with van der Waals surface area (Å²) in [6.07, 6.45) is 1.81. The Kier molecular flexibility index (Phi) is 7.63. The summed E-state index contributed by atoms with van der Waals surface area (Å²) in [5.74, 6) is 0.220. The number of hydrogen-bond donors (Lipinski definition) is 1. The van der Waals surface area contributed by atoms with Gasteiger partial charge in [-0.2, -0.15) is 0 Å². The second-order valence-electron chi connectivity index (χ2n) is 10.8. The Bertz CT molecular complexity index is 2410. The van der Waals surface area contributed by atoms with Gasteiger partial charge in [-0.3, -0.25) is 0 Å². The average molecular weight is 758 g/mol. The summed E-state index contributed by atoms with van der Waals surface area (Å²) in [5.41, 5.74) is 6.03. The molecule has 45 heavy (non-hydrogen) atoms. The number of aromatic nitrogens is 2. The number of hydrogen-bond acceptors (Lipinski definition) is 2. The molecule has 0 bridgehead atoms. The minimum Gasteiger partial charge on any atom is -0.517 e. The van der Waals surface area contributed by atoms with Gasteiger partial charge in [0.1, 0.15) is 0 Å². The van der Waals surface area contributed by atoms with Crippen LogP contribution in [-0.4, -0.2) is 14.7 Å². The normalized spacial score (nSPS) is 11.0. The number of rotatable bonds is 3. The topological polar surface area (TPSA) is 38.0 Å². The van der Waals surface area contributed by atoms with Crippen molar-refractivity contribution < 1.29 is 26.2 Å². The van der Waals surface area contributed by atoms with E-state index in [1.54, 1.807) is 6.07 Å². The Morgan fingerprint density at radius 2 is 1.11 bits per heavy atom. The molecule has 6 aromatic carbocycles. The molecule has 3 nitrogen and oxygen atoms in total. The zero-order valence-electron chi connectivity index (χ0n) is 24.1. The summed E-state index contributed by atoms with van der Waals surface area (Å²) in [4.78, 5) is 4.66. The SMILES string of the molecule is Oc1ccccc1-c1[c-]c(-n2c3[c-]c(-c4ccccn4)ccc3c3ccccc3c3ccccc3c3ccccc32)ccc1.[Pt+2]. The maximum absolute atomic E-state index is 10.7.